The summed E-state index contributed by atoms with van der Waals surface area (Å²) in [6.45, 7) is 5.63. The van der Waals surface area contributed by atoms with Crippen molar-refractivity contribution >= 4 is 10.9 Å². The molecule has 0 saturated heterocycles. The molecular weight excluding hydrogens is 234 g/mol. The average molecular weight is 253 g/mol. The SMILES string of the molecule is CCC(C)Cn1ccc2cc(-c3cn[nH]c3)ccc21. The van der Waals surface area contributed by atoms with E-state index in [2.05, 4.69) is 59.1 Å². The molecule has 19 heavy (non-hydrogen) atoms. The van der Waals surface area contributed by atoms with E-state index >= 15 is 0 Å². The van der Waals surface area contributed by atoms with Gasteiger partial charge in [0.1, 0.15) is 0 Å². The Bertz CT molecular complexity index is 664. The number of fused-ring (bicyclic) bond motifs is 1. The minimum atomic E-state index is 0.712. The molecule has 0 bridgehead atoms. The van der Waals surface area contributed by atoms with Crippen molar-refractivity contribution in [3.05, 3.63) is 42.9 Å². The third-order valence-electron chi connectivity index (χ3n) is 3.81. The Kier molecular flexibility index (Phi) is 3.11. The van der Waals surface area contributed by atoms with Crippen molar-refractivity contribution in [1.82, 2.24) is 14.8 Å². The van der Waals surface area contributed by atoms with Crippen LogP contribution in [0.4, 0.5) is 0 Å². The molecule has 0 spiro atoms. The molecule has 0 amide bonds. The summed E-state index contributed by atoms with van der Waals surface area (Å²) in [4.78, 5) is 0. The van der Waals surface area contributed by atoms with E-state index in [-0.39, 0.29) is 0 Å². The third kappa shape index (κ3) is 2.28. The normalized spacial score (nSPS) is 12.9. The highest BCUT2D eigenvalue weighted by Gasteiger charge is 2.06. The molecule has 0 aliphatic carbocycles. The Hall–Kier alpha value is -2.03. The zero-order valence-corrected chi connectivity index (χ0v) is 11.4. The van der Waals surface area contributed by atoms with Gasteiger partial charge in [0.25, 0.3) is 0 Å². The zero-order valence-electron chi connectivity index (χ0n) is 11.4. The van der Waals surface area contributed by atoms with E-state index in [0.29, 0.717) is 5.92 Å². The van der Waals surface area contributed by atoms with Gasteiger partial charge >= 0.3 is 0 Å². The van der Waals surface area contributed by atoms with E-state index < -0.39 is 0 Å². The maximum atomic E-state index is 4.00. The molecule has 3 aromatic rings. The summed E-state index contributed by atoms with van der Waals surface area (Å²) in [5, 5.41) is 8.16. The van der Waals surface area contributed by atoms with Crippen molar-refractivity contribution < 1.29 is 0 Å². The standard InChI is InChI=1S/C16H19N3/c1-3-12(2)11-19-7-6-14-8-13(4-5-16(14)19)15-9-17-18-10-15/h4-10,12H,3,11H2,1-2H3,(H,17,18). The van der Waals surface area contributed by atoms with Crippen LogP contribution in [0.15, 0.2) is 42.9 Å². The summed E-state index contributed by atoms with van der Waals surface area (Å²) in [6, 6.07) is 8.80. The minimum Gasteiger partial charge on any atom is -0.347 e. The molecule has 3 nitrogen and oxygen atoms in total. The van der Waals surface area contributed by atoms with Gasteiger partial charge in [-0.1, -0.05) is 26.3 Å². The minimum absolute atomic E-state index is 0.712. The molecule has 1 atom stereocenters. The van der Waals surface area contributed by atoms with Crippen LogP contribution in [0.5, 0.6) is 0 Å². The van der Waals surface area contributed by atoms with E-state index in [1.54, 1.807) is 0 Å². The highest BCUT2D eigenvalue weighted by Crippen LogP contribution is 2.25. The maximum Gasteiger partial charge on any atom is 0.0565 e. The summed E-state index contributed by atoms with van der Waals surface area (Å²) in [6.07, 6.45) is 7.19. The molecule has 2 heterocycles. The Labute approximate surface area is 113 Å². The topological polar surface area (TPSA) is 33.6 Å². The molecule has 2 aromatic heterocycles. The number of nitrogens with one attached hydrogen (secondary N) is 1. The molecule has 3 rings (SSSR count). The third-order valence-corrected chi connectivity index (χ3v) is 3.81. The second kappa shape index (κ2) is 4.92. The number of aromatic amines is 1. The first-order valence-corrected chi connectivity index (χ1v) is 6.86. The summed E-state index contributed by atoms with van der Waals surface area (Å²) < 4.78 is 2.35. The summed E-state index contributed by atoms with van der Waals surface area (Å²) in [7, 11) is 0. The number of rotatable bonds is 4. The van der Waals surface area contributed by atoms with Crippen LogP contribution in [0.2, 0.25) is 0 Å². The lowest BCUT2D eigenvalue weighted by molar-refractivity contribution is 0.477. The van der Waals surface area contributed by atoms with Crippen LogP contribution in [0.1, 0.15) is 20.3 Å². The molecule has 1 aromatic carbocycles. The molecule has 0 aliphatic heterocycles. The molecule has 0 radical (unpaired) electrons. The van der Waals surface area contributed by atoms with Crippen LogP contribution >= 0.6 is 0 Å². The van der Waals surface area contributed by atoms with E-state index in [1.807, 2.05) is 12.4 Å². The summed E-state index contributed by atoms with van der Waals surface area (Å²) in [5.74, 6) is 0.712. The second-order valence-electron chi connectivity index (χ2n) is 5.24. The van der Waals surface area contributed by atoms with E-state index in [1.165, 1.54) is 22.9 Å². The van der Waals surface area contributed by atoms with Gasteiger partial charge in [-0.3, -0.25) is 5.10 Å². The Morgan fingerprint density at radius 2 is 2.16 bits per heavy atom. The van der Waals surface area contributed by atoms with Gasteiger partial charge in [0.2, 0.25) is 0 Å². The first kappa shape index (κ1) is 12.0. The first-order valence-electron chi connectivity index (χ1n) is 6.86. The van der Waals surface area contributed by atoms with Crippen molar-refractivity contribution in [2.45, 2.75) is 26.8 Å². The van der Waals surface area contributed by atoms with Gasteiger partial charge in [0.15, 0.2) is 0 Å². The monoisotopic (exact) mass is 253 g/mol. The van der Waals surface area contributed by atoms with Crippen molar-refractivity contribution in [1.29, 1.82) is 0 Å². The van der Waals surface area contributed by atoms with Crippen LogP contribution in [-0.2, 0) is 6.54 Å². The molecule has 0 aliphatic rings. The number of benzene rings is 1. The summed E-state index contributed by atoms with van der Waals surface area (Å²) >= 11 is 0. The molecule has 98 valence electrons. The molecular formula is C16H19N3. The van der Waals surface area contributed by atoms with Crippen LogP contribution in [0.3, 0.4) is 0 Å². The largest absolute Gasteiger partial charge is 0.347 e. The van der Waals surface area contributed by atoms with Crippen LogP contribution < -0.4 is 0 Å². The Morgan fingerprint density at radius 3 is 2.89 bits per heavy atom. The molecule has 0 fully saturated rings. The van der Waals surface area contributed by atoms with Crippen LogP contribution in [-0.4, -0.2) is 14.8 Å². The quantitative estimate of drug-likeness (QED) is 0.747. The van der Waals surface area contributed by atoms with Crippen molar-refractivity contribution in [2.75, 3.05) is 0 Å². The van der Waals surface area contributed by atoms with E-state index in [0.717, 1.165) is 12.1 Å². The lowest BCUT2D eigenvalue weighted by Gasteiger charge is -2.11. The van der Waals surface area contributed by atoms with Gasteiger partial charge in [-0.15, -0.1) is 0 Å². The predicted octanol–water partition coefficient (Wildman–Crippen LogP) is 4.08. The fourth-order valence-corrected chi connectivity index (χ4v) is 2.41. The Balaban J connectivity index is 1.98. The number of hydrogen-bond donors (Lipinski definition) is 1. The van der Waals surface area contributed by atoms with Crippen LogP contribution in [0.25, 0.3) is 22.0 Å². The van der Waals surface area contributed by atoms with Gasteiger partial charge in [-0.25, -0.2) is 0 Å². The van der Waals surface area contributed by atoms with Crippen molar-refractivity contribution in [3.63, 3.8) is 0 Å². The van der Waals surface area contributed by atoms with Gasteiger partial charge in [0, 0.05) is 35.4 Å². The van der Waals surface area contributed by atoms with Crippen molar-refractivity contribution in [3.8, 4) is 11.1 Å². The number of aromatic nitrogens is 3. The lowest BCUT2D eigenvalue weighted by Crippen LogP contribution is -2.04. The van der Waals surface area contributed by atoms with Crippen molar-refractivity contribution in [2.24, 2.45) is 5.92 Å². The fourth-order valence-electron chi connectivity index (χ4n) is 2.41. The van der Waals surface area contributed by atoms with Gasteiger partial charge in [-0.05, 0) is 29.7 Å². The molecule has 3 heteroatoms. The van der Waals surface area contributed by atoms with Gasteiger partial charge in [-0.2, -0.15) is 5.10 Å². The highest BCUT2D eigenvalue weighted by molar-refractivity contribution is 5.85. The number of nitrogens with zero attached hydrogens (tertiary/aromatic N) is 2. The smallest absolute Gasteiger partial charge is 0.0565 e. The Morgan fingerprint density at radius 1 is 1.26 bits per heavy atom. The molecule has 1 unspecified atom stereocenters. The highest BCUT2D eigenvalue weighted by atomic mass is 15.1. The average Bonchev–Trinajstić information content (AvgIpc) is 3.08. The first-order chi connectivity index (χ1) is 9.28. The van der Waals surface area contributed by atoms with Crippen LogP contribution in [0, 0.1) is 5.92 Å². The maximum absolute atomic E-state index is 4.00. The molecule has 1 N–H and O–H groups in total. The zero-order chi connectivity index (χ0) is 13.2. The predicted molar refractivity (Wildman–Crippen MR) is 79.0 cm³/mol. The molecule has 0 saturated carbocycles. The number of H-pyrrole nitrogens is 1. The van der Waals surface area contributed by atoms with E-state index in [9.17, 15) is 0 Å². The summed E-state index contributed by atoms with van der Waals surface area (Å²) in [5.41, 5.74) is 3.66. The van der Waals surface area contributed by atoms with E-state index in [4.69, 9.17) is 0 Å². The van der Waals surface area contributed by atoms with Gasteiger partial charge in [0.05, 0.1) is 6.20 Å². The van der Waals surface area contributed by atoms with Gasteiger partial charge < -0.3 is 4.57 Å². The fraction of sp³-hybridized carbons (Fsp3) is 0.312. The number of hydrogen-bond acceptors (Lipinski definition) is 1. The lowest BCUT2D eigenvalue weighted by atomic mass is 10.1. The second-order valence-corrected chi connectivity index (χ2v) is 5.24.